The fourth-order valence-electron chi connectivity index (χ4n) is 2.51. The smallest absolute Gasteiger partial charge is 0.254 e. The molecule has 1 aliphatic heterocycles. The lowest BCUT2D eigenvalue weighted by atomic mass is 10.1. The Morgan fingerprint density at radius 1 is 1.61 bits per heavy atom. The number of alkyl halides is 1. The molecular weight excluding hydrogens is 314 g/mol. The molecule has 2 unspecified atom stereocenters. The first-order valence-electron chi connectivity index (χ1n) is 6.28. The number of halogens is 2. The van der Waals surface area contributed by atoms with Gasteiger partial charge in [0.05, 0.1) is 0 Å². The Kier molecular flexibility index (Phi) is 4.68. The van der Waals surface area contributed by atoms with Crippen molar-refractivity contribution in [3.05, 3.63) is 34.9 Å². The molecule has 0 radical (unpaired) electrons. The summed E-state index contributed by atoms with van der Waals surface area (Å²) in [5, 5.41) is 0.616. The van der Waals surface area contributed by atoms with E-state index in [4.69, 9.17) is 11.6 Å². The molecule has 1 heterocycles. The van der Waals surface area contributed by atoms with Crippen molar-refractivity contribution < 1.29 is 4.79 Å². The molecule has 1 aromatic rings. The van der Waals surface area contributed by atoms with Crippen molar-refractivity contribution in [2.75, 3.05) is 6.54 Å². The predicted octanol–water partition coefficient (Wildman–Crippen LogP) is 4.12. The number of hydrogen-bond donors (Lipinski definition) is 0. The molecule has 1 aromatic carbocycles. The fraction of sp³-hybridized carbons (Fsp3) is 0.500. The highest BCUT2D eigenvalue weighted by Gasteiger charge is 2.29. The third-order valence-electron chi connectivity index (χ3n) is 3.31. The molecule has 0 aliphatic carbocycles. The number of amides is 1. The predicted molar refractivity (Wildman–Crippen MR) is 78.5 cm³/mol. The molecule has 2 atom stereocenters. The van der Waals surface area contributed by atoms with Crippen molar-refractivity contribution in [1.82, 2.24) is 4.90 Å². The lowest BCUT2D eigenvalue weighted by Crippen LogP contribution is -2.36. The van der Waals surface area contributed by atoms with Crippen molar-refractivity contribution in [3.8, 4) is 0 Å². The van der Waals surface area contributed by atoms with Crippen LogP contribution in [0.2, 0.25) is 5.02 Å². The van der Waals surface area contributed by atoms with Gasteiger partial charge in [0.15, 0.2) is 0 Å². The van der Waals surface area contributed by atoms with Crippen molar-refractivity contribution >= 4 is 33.4 Å². The van der Waals surface area contributed by atoms with Crippen LogP contribution in [0.25, 0.3) is 0 Å². The zero-order valence-electron chi connectivity index (χ0n) is 10.4. The van der Waals surface area contributed by atoms with Gasteiger partial charge in [-0.25, -0.2) is 0 Å². The van der Waals surface area contributed by atoms with E-state index in [-0.39, 0.29) is 5.91 Å². The highest BCUT2D eigenvalue weighted by atomic mass is 79.9. The number of carbonyl (C=O) groups is 1. The summed E-state index contributed by atoms with van der Waals surface area (Å²) in [6.07, 6.45) is 3.20. The second kappa shape index (κ2) is 6.07. The van der Waals surface area contributed by atoms with E-state index in [1.165, 1.54) is 0 Å². The number of benzene rings is 1. The number of likely N-dealkylation sites (tertiary alicyclic amines) is 1. The Bertz CT molecular complexity index is 436. The van der Waals surface area contributed by atoms with Gasteiger partial charge < -0.3 is 4.90 Å². The van der Waals surface area contributed by atoms with Gasteiger partial charge in [-0.1, -0.05) is 40.5 Å². The van der Waals surface area contributed by atoms with E-state index >= 15 is 0 Å². The summed E-state index contributed by atoms with van der Waals surface area (Å²) in [5.74, 6) is 0.105. The second-order valence-corrected chi connectivity index (χ2v) is 6.82. The normalized spacial score (nSPS) is 21.1. The lowest BCUT2D eigenvalue weighted by molar-refractivity contribution is 0.0731. The summed E-state index contributed by atoms with van der Waals surface area (Å²) in [6.45, 7) is 2.98. The molecule has 0 saturated carbocycles. The molecule has 2 nitrogen and oxygen atoms in total. The molecule has 98 valence electrons. The molecule has 0 bridgehead atoms. The molecule has 2 rings (SSSR count). The van der Waals surface area contributed by atoms with Gasteiger partial charge in [0.1, 0.15) is 0 Å². The standard InChI is InChI=1S/C14H17BrClNO/c1-10(15)8-13-6-3-7-17(13)14(18)11-4-2-5-12(16)9-11/h2,4-5,9-10,13H,3,6-8H2,1H3. The van der Waals surface area contributed by atoms with Crippen molar-refractivity contribution in [2.24, 2.45) is 0 Å². The van der Waals surface area contributed by atoms with Crippen LogP contribution in [-0.2, 0) is 0 Å². The van der Waals surface area contributed by atoms with Gasteiger partial charge in [0.25, 0.3) is 5.91 Å². The minimum absolute atomic E-state index is 0.105. The van der Waals surface area contributed by atoms with Gasteiger partial charge >= 0.3 is 0 Å². The van der Waals surface area contributed by atoms with Crippen LogP contribution in [0.15, 0.2) is 24.3 Å². The molecule has 0 spiro atoms. The SMILES string of the molecule is CC(Br)CC1CCCN1C(=O)c1cccc(Cl)c1. The van der Waals surface area contributed by atoms with Crippen LogP contribution >= 0.6 is 27.5 Å². The van der Waals surface area contributed by atoms with Crippen LogP contribution in [0.4, 0.5) is 0 Å². The number of rotatable bonds is 3. The third-order valence-corrected chi connectivity index (χ3v) is 3.92. The quantitative estimate of drug-likeness (QED) is 0.764. The van der Waals surface area contributed by atoms with Gasteiger partial charge in [0.2, 0.25) is 0 Å². The maximum absolute atomic E-state index is 12.4. The van der Waals surface area contributed by atoms with Gasteiger partial charge in [-0.05, 0) is 37.5 Å². The van der Waals surface area contributed by atoms with Gasteiger partial charge in [0, 0.05) is 28.0 Å². The van der Waals surface area contributed by atoms with Crippen molar-refractivity contribution in [2.45, 2.75) is 37.1 Å². The Morgan fingerprint density at radius 3 is 3.06 bits per heavy atom. The fourth-order valence-corrected chi connectivity index (χ4v) is 3.13. The van der Waals surface area contributed by atoms with E-state index in [0.29, 0.717) is 21.5 Å². The minimum Gasteiger partial charge on any atom is -0.336 e. The summed E-state index contributed by atoms with van der Waals surface area (Å²) in [5.41, 5.74) is 0.691. The van der Waals surface area contributed by atoms with Gasteiger partial charge in [-0.2, -0.15) is 0 Å². The maximum atomic E-state index is 12.4. The van der Waals surface area contributed by atoms with Crippen molar-refractivity contribution in [3.63, 3.8) is 0 Å². The van der Waals surface area contributed by atoms with Crippen LogP contribution in [0.5, 0.6) is 0 Å². The van der Waals surface area contributed by atoms with E-state index in [0.717, 1.165) is 25.8 Å². The summed E-state index contributed by atoms with van der Waals surface area (Å²) < 4.78 is 0. The molecule has 0 N–H and O–H groups in total. The summed E-state index contributed by atoms with van der Waals surface area (Å²) in [4.78, 5) is 14.9. The van der Waals surface area contributed by atoms with Crippen LogP contribution in [0.3, 0.4) is 0 Å². The summed E-state index contributed by atoms with van der Waals surface area (Å²) >= 11 is 9.51. The molecule has 1 fully saturated rings. The van der Waals surface area contributed by atoms with Crippen LogP contribution in [0.1, 0.15) is 36.5 Å². The first kappa shape index (κ1) is 13.9. The Labute approximate surface area is 121 Å². The monoisotopic (exact) mass is 329 g/mol. The molecule has 4 heteroatoms. The van der Waals surface area contributed by atoms with E-state index in [9.17, 15) is 4.79 Å². The largest absolute Gasteiger partial charge is 0.336 e. The molecular formula is C14H17BrClNO. The molecule has 0 aromatic heterocycles. The first-order valence-corrected chi connectivity index (χ1v) is 7.58. The van der Waals surface area contributed by atoms with Crippen LogP contribution in [-0.4, -0.2) is 28.2 Å². The first-order chi connectivity index (χ1) is 8.58. The Balaban J connectivity index is 2.12. The Hall–Kier alpha value is -0.540. The van der Waals surface area contributed by atoms with Crippen LogP contribution in [0, 0.1) is 0 Å². The van der Waals surface area contributed by atoms with Crippen molar-refractivity contribution in [1.29, 1.82) is 0 Å². The van der Waals surface area contributed by atoms with E-state index in [1.807, 2.05) is 17.0 Å². The average molecular weight is 331 g/mol. The van der Waals surface area contributed by atoms with E-state index < -0.39 is 0 Å². The zero-order valence-corrected chi connectivity index (χ0v) is 12.7. The number of hydrogen-bond acceptors (Lipinski definition) is 1. The molecule has 1 saturated heterocycles. The van der Waals surface area contributed by atoms with Gasteiger partial charge in [-0.3, -0.25) is 4.79 Å². The highest BCUT2D eigenvalue weighted by molar-refractivity contribution is 9.09. The minimum atomic E-state index is 0.105. The summed E-state index contributed by atoms with van der Waals surface area (Å²) in [7, 11) is 0. The second-order valence-electron chi connectivity index (χ2n) is 4.82. The van der Waals surface area contributed by atoms with E-state index in [1.54, 1.807) is 12.1 Å². The molecule has 1 aliphatic rings. The number of carbonyl (C=O) groups excluding carboxylic acids is 1. The topological polar surface area (TPSA) is 20.3 Å². The lowest BCUT2D eigenvalue weighted by Gasteiger charge is -2.25. The molecule has 1 amide bonds. The number of nitrogens with zero attached hydrogens (tertiary/aromatic N) is 1. The summed E-state index contributed by atoms with van der Waals surface area (Å²) in [6, 6.07) is 7.55. The van der Waals surface area contributed by atoms with Crippen LogP contribution < -0.4 is 0 Å². The third kappa shape index (κ3) is 3.27. The zero-order chi connectivity index (χ0) is 13.1. The highest BCUT2D eigenvalue weighted by Crippen LogP contribution is 2.26. The van der Waals surface area contributed by atoms with E-state index in [2.05, 4.69) is 22.9 Å². The maximum Gasteiger partial charge on any atom is 0.254 e. The van der Waals surface area contributed by atoms with Gasteiger partial charge in [-0.15, -0.1) is 0 Å². The Morgan fingerprint density at radius 2 is 2.39 bits per heavy atom. The molecule has 18 heavy (non-hydrogen) atoms. The average Bonchev–Trinajstić information content (AvgIpc) is 2.75.